The number of hydrogen-bond donors (Lipinski definition) is 1. The van der Waals surface area contributed by atoms with Gasteiger partial charge in [0.05, 0.1) is 6.10 Å². The summed E-state index contributed by atoms with van der Waals surface area (Å²) in [5.74, 6) is -0.167. The van der Waals surface area contributed by atoms with Crippen molar-refractivity contribution in [3.8, 4) is 0 Å². The van der Waals surface area contributed by atoms with Crippen LogP contribution < -0.4 is 5.32 Å². The van der Waals surface area contributed by atoms with Crippen LogP contribution in [-0.2, 0) is 11.2 Å². The minimum absolute atomic E-state index is 0.167. The predicted molar refractivity (Wildman–Crippen MR) is 85.4 cm³/mol. The Morgan fingerprint density at radius 3 is 3.05 bits per heavy atom. The second-order valence-electron chi connectivity index (χ2n) is 5.80. The highest BCUT2D eigenvalue weighted by Gasteiger charge is 2.19. The lowest BCUT2D eigenvalue weighted by Crippen LogP contribution is -2.33. The third-order valence-corrected chi connectivity index (χ3v) is 4.25. The Balaban J connectivity index is 1.92. The Labute approximate surface area is 132 Å². The standard InChI is InChI=1S/C17H25ClFNO/c1-2-9-20-15(6-7-16-4-3-10-21-16)12-13-11-14(18)5-8-17(13)19/h5,8,11,15-16,20H,2-4,6-7,9-10,12H2,1H3. The highest BCUT2D eigenvalue weighted by atomic mass is 35.5. The molecule has 1 N–H and O–H groups in total. The van der Waals surface area contributed by atoms with Gasteiger partial charge in [-0.05, 0) is 68.8 Å². The largest absolute Gasteiger partial charge is 0.378 e. The van der Waals surface area contributed by atoms with Crippen molar-refractivity contribution in [2.45, 2.75) is 57.6 Å². The Morgan fingerprint density at radius 2 is 2.33 bits per heavy atom. The first-order chi connectivity index (χ1) is 10.2. The fraction of sp³-hybridized carbons (Fsp3) is 0.647. The first kappa shape index (κ1) is 16.7. The minimum atomic E-state index is -0.167. The van der Waals surface area contributed by atoms with Crippen LogP contribution in [-0.4, -0.2) is 25.3 Å². The van der Waals surface area contributed by atoms with Crippen molar-refractivity contribution in [3.05, 3.63) is 34.6 Å². The summed E-state index contributed by atoms with van der Waals surface area (Å²) in [4.78, 5) is 0. The minimum Gasteiger partial charge on any atom is -0.378 e. The fourth-order valence-corrected chi connectivity index (χ4v) is 3.04. The van der Waals surface area contributed by atoms with Crippen molar-refractivity contribution in [2.24, 2.45) is 0 Å². The molecule has 0 amide bonds. The van der Waals surface area contributed by atoms with E-state index in [9.17, 15) is 4.39 Å². The van der Waals surface area contributed by atoms with Crippen LogP contribution in [0.4, 0.5) is 4.39 Å². The average Bonchev–Trinajstić information content (AvgIpc) is 2.99. The van der Waals surface area contributed by atoms with E-state index in [-0.39, 0.29) is 11.9 Å². The molecule has 1 aromatic rings. The molecule has 1 saturated heterocycles. The summed E-state index contributed by atoms with van der Waals surface area (Å²) in [6.45, 7) is 3.99. The Hall–Kier alpha value is -0.640. The van der Waals surface area contributed by atoms with Crippen molar-refractivity contribution in [2.75, 3.05) is 13.2 Å². The van der Waals surface area contributed by atoms with Gasteiger partial charge < -0.3 is 10.1 Å². The van der Waals surface area contributed by atoms with Gasteiger partial charge in [-0.2, -0.15) is 0 Å². The van der Waals surface area contributed by atoms with Crippen LogP contribution in [0, 0.1) is 5.82 Å². The molecular weight excluding hydrogens is 289 g/mol. The zero-order chi connectivity index (χ0) is 15.1. The molecule has 0 radical (unpaired) electrons. The lowest BCUT2D eigenvalue weighted by molar-refractivity contribution is 0.0995. The van der Waals surface area contributed by atoms with E-state index in [1.807, 2.05) is 0 Å². The van der Waals surface area contributed by atoms with Gasteiger partial charge in [-0.25, -0.2) is 4.39 Å². The van der Waals surface area contributed by atoms with E-state index in [1.165, 1.54) is 12.5 Å². The molecule has 2 atom stereocenters. The molecule has 1 fully saturated rings. The van der Waals surface area contributed by atoms with Gasteiger partial charge in [0.2, 0.25) is 0 Å². The van der Waals surface area contributed by atoms with Gasteiger partial charge in [-0.15, -0.1) is 0 Å². The molecule has 0 spiro atoms. The van der Waals surface area contributed by atoms with Crippen LogP contribution in [0.1, 0.15) is 44.6 Å². The van der Waals surface area contributed by atoms with Crippen LogP contribution >= 0.6 is 11.6 Å². The molecule has 118 valence electrons. The average molecular weight is 314 g/mol. The van der Waals surface area contributed by atoms with Gasteiger partial charge in [0.15, 0.2) is 0 Å². The second kappa shape index (κ2) is 8.72. The molecule has 0 bridgehead atoms. The van der Waals surface area contributed by atoms with Gasteiger partial charge in [0.25, 0.3) is 0 Å². The summed E-state index contributed by atoms with van der Waals surface area (Å²) in [5.41, 5.74) is 0.698. The smallest absolute Gasteiger partial charge is 0.126 e. The van der Waals surface area contributed by atoms with E-state index < -0.39 is 0 Å². The van der Waals surface area contributed by atoms with Gasteiger partial charge in [-0.3, -0.25) is 0 Å². The number of nitrogens with one attached hydrogen (secondary N) is 1. The highest BCUT2D eigenvalue weighted by Crippen LogP contribution is 2.21. The monoisotopic (exact) mass is 313 g/mol. The number of hydrogen-bond acceptors (Lipinski definition) is 2. The maximum absolute atomic E-state index is 13.9. The Kier molecular flexibility index (Phi) is 6.94. The molecule has 4 heteroatoms. The molecular formula is C17H25ClFNO. The Bertz CT molecular complexity index is 435. The maximum atomic E-state index is 13.9. The van der Waals surface area contributed by atoms with Crippen molar-refractivity contribution in [1.29, 1.82) is 0 Å². The lowest BCUT2D eigenvalue weighted by atomic mass is 9.99. The number of rotatable bonds is 8. The first-order valence-electron chi connectivity index (χ1n) is 7.98. The van der Waals surface area contributed by atoms with Crippen molar-refractivity contribution in [1.82, 2.24) is 5.32 Å². The zero-order valence-electron chi connectivity index (χ0n) is 12.7. The molecule has 1 aliphatic rings. The second-order valence-corrected chi connectivity index (χ2v) is 6.24. The normalized spacial score (nSPS) is 19.9. The van der Waals surface area contributed by atoms with Crippen molar-refractivity contribution < 1.29 is 9.13 Å². The molecule has 21 heavy (non-hydrogen) atoms. The van der Waals surface area contributed by atoms with E-state index in [2.05, 4.69) is 12.2 Å². The van der Waals surface area contributed by atoms with E-state index >= 15 is 0 Å². The third kappa shape index (κ3) is 5.57. The van der Waals surface area contributed by atoms with Crippen LogP contribution in [0.15, 0.2) is 18.2 Å². The first-order valence-corrected chi connectivity index (χ1v) is 8.35. The molecule has 2 unspecified atom stereocenters. The molecule has 1 aromatic carbocycles. The van der Waals surface area contributed by atoms with Gasteiger partial charge >= 0.3 is 0 Å². The van der Waals surface area contributed by atoms with Crippen molar-refractivity contribution >= 4 is 11.6 Å². The molecule has 0 saturated carbocycles. The van der Waals surface area contributed by atoms with Gasteiger partial charge in [0, 0.05) is 17.7 Å². The molecule has 2 rings (SSSR count). The number of ether oxygens (including phenoxy) is 1. The van der Waals surface area contributed by atoms with Crippen LogP contribution in [0.25, 0.3) is 0 Å². The Morgan fingerprint density at radius 1 is 1.48 bits per heavy atom. The highest BCUT2D eigenvalue weighted by molar-refractivity contribution is 6.30. The topological polar surface area (TPSA) is 21.3 Å². The summed E-state index contributed by atoms with van der Waals surface area (Å²) in [7, 11) is 0. The van der Waals surface area contributed by atoms with E-state index in [0.717, 1.165) is 38.8 Å². The van der Waals surface area contributed by atoms with Gasteiger partial charge in [0.1, 0.15) is 5.82 Å². The van der Waals surface area contributed by atoms with E-state index in [1.54, 1.807) is 12.1 Å². The van der Waals surface area contributed by atoms with Crippen LogP contribution in [0.3, 0.4) is 0 Å². The molecule has 2 nitrogen and oxygen atoms in total. The van der Waals surface area contributed by atoms with Gasteiger partial charge in [-0.1, -0.05) is 18.5 Å². The molecule has 1 aliphatic heterocycles. The number of benzene rings is 1. The van der Waals surface area contributed by atoms with Crippen LogP contribution in [0.2, 0.25) is 5.02 Å². The summed E-state index contributed by atoms with van der Waals surface area (Å²) >= 11 is 5.98. The number of halogens is 2. The summed E-state index contributed by atoms with van der Waals surface area (Å²) in [6.07, 6.45) is 6.53. The van der Waals surface area contributed by atoms with E-state index in [0.29, 0.717) is 23.1 Å². The fourth-order valence-electron chi connectivity index (χ4n) is 2.85. The zero-order valence-corrected chi connectivity index (χ0v) is 13.5. The maximum Gasteiger partial charge on any atom is 0.126 e. The molecule has 0 aromatic heterocycles. The quantitative estimate of drug-likeness (QED) is 0.770. The van der Waals surface area contributed by atoms with Crippen LogP contribution in [0.5, 0.6) is 0 Å². The van der Waals surface area contributed by atoms with Crippen molar-refractivity contribution in [3.63, 3.8) is 0 Å². The lowest BCUT2D eigenvalue weighted by Gasteiger charge is -2.20. The van der Waals surface area contributed by atoms with E-state index in [4.69, 9.17) is 16.3 Å². The molecule has 0 aliphatic carbocycles. The summed E-state index contributed by atoms with van der Waals surface area (Å²) < 4.78 is 19.6. The predicted octanol–water partition coefficient (Wildman–Crippen LogP) is 4.35. The SMILES string of the molecule is CCCNC(CCC1CCCO1)Cc1cc(Cl)ccc1F. The molecule has 1 heterocycles. The summed E-state index contributed by atoms with van der Waals surface area (Å²) in [6, 6.07) is 5.07. The third-order valence-electron chi connectivity index (χ3n) is 4.02. The summed E-state index contributed by atoms with van der Waals surface area (Å²) in [5, 5.41) is 4.12.